The van der Waals surface area contributed by atoms with E-state index in [0.29, 0.717) is 33.8 Å². The Morgan fingerprint density at radius 2 is 1.52 bits per heavy atom. The van der Waals surface area contributed by atoms with Crippen molar-refractivity contribution >= 4 is 10.9 Å². The highest BCUT2D eigenvalue weighted by atomic mass is 16.5. The number of fused-ring (bicyclic) bond motifs is 1. The van der Waals surface area contributed by atoms with E-state index in [4.69, 9.17) is 18.9 Å². The SMILES string of the molecule is COc1ccc(-c2[nH]c3cccc(OC)c3c(=O)c2OC)cc1OC. The van der Waals surface area contributed by atoms with Crippen LogP contribution in [0.15, 0.2) is 41.2 Å². The summed E-state index contributed by atoms with van der Waals surface area (Å²) < 4.78 is 21.3. The second-order valence-electron chi connectivity index (χ2n) is 5.31. The molecule has 3 aromatic rings. The van der Waals surface area contributed by atoms with Gasteiger partial charge in [-0.1, -0.05) is 6.07 Å². The fourth-order valence-electron chi connectivity index (χ4n) is 2.85. The second-order valence-corrected chi connectivity index (χ2v) is 5.31. The van der Waals surface area contributed by atoms with Crippen molar-refractivity contribution in [1.29, 1.82) is 0 Å². The van der Waals surface area contributed by atoms with Gasteiger partial charge in [0.1, 0.15) is 5.75 Å². The van der Waals surface area contributed by atoms with Crippen molar-refractivity contribution in [2.24, 2.45) is 0 Å². The van der Waals surface area contributed by atoms with Crippen LogP contribution in [0.3, 0.4) is 0 Å². The summed E-state index contributed by atoms with van der Waals surface area (Å²) in [6, 6.07) is 10.8. The highest BCUT2D eigenvalue weighted by Gasteiger charge is 2.18. The molecular formula is C19H19NO5. The molecule has 1 N–H and O–H groups in total. The number of hydrogen-bond acceptors (Lipinski definition) is 5. The molecule has 1 aromatic heterocycles. The summed E-state index contributed by atoms with van der Waals surface area (Å²) in [4.78, 5) is 16.2. The summed E-state index contributed by atoms with van der Waals surface area (Å²) in [7, 11) is 6.13. The Labute approximate surface area is 144 Å². The molecule has 6 nitrogen and oxygen atoms in total. The van der Waals surface area contributed by atoms with Gasteiger partial charge in [-0.25, -0.2) is 0 Å². The van der Waals surface area contributed by atoms with E-state index in [1.54, 1.807) is 32.4 Å². The molecule has 0 saturated carbocycles. The van der Waals surface area contributed by atoms with E-state index in [1.807, 2.05) is 18.2 Å². The van der Waals surface area contributed by atoms with Gasteiger partial charge in [0.15, 0.2) is 17.2 Å². The van der Waals surface area contributed by atoms with Crippen LogP contribution in [0.2, 0.25) is 0 Å². The van der Waals surface area contributed by atoms with Gasteiger partial charge in [-0.05, 0) is 30.3 Å². The summed E-state index contributed by atoms with van der Waals surface area (Å²) in [5.41, 5.74) is 1.74. The normalized spacial score (nSPS) is 10.6. The molecular weight excluding hydrogens is 322 g/mol. The summed E-state index contributed by atoms with van der Waals surface area (Å²) >= 11 is 0. The van der Waals surface area contributed by atoms with Crippen LogP contribution in [0.25, 0.3) is 22.2 Å². The molecule has 0 aliphatic rings. The lowest BCUT2D eigenvalue weighted by Crippen LogP contribution is -2.10. The molecule has 0 aliphatic carbocycles. The number of aromatic amines is 1. The molecule has 0 amide bonds. The number of H-pyrrole nitrogens is 1. The van der Waals surface area contributed by atoms with Crippen molar-refractivity contribution in [3.63, 3.8) is 0 Å². The number of methoxy groups -OCH3 is 4. The van der Waals surface area contributed by atoms with Crippen LogP contribution in [-0.4, -0.2) is 33.4 Å². The van der Waals surface area contributed by atoms with E-state index in [1.165, 1.54) is 14.2 Å². The third-order valence-corrected chi connectivity index (χ3v) is 4.04. The number of nitrogens with one attached hydrogen (secondary N) is 1. The molecule has 0 fully saturated rings. The lowest BCUT2D eigenvalue weighted by molar-refractivity contribution is 0.355. The lowest BCUT2D eigenvalue weighted by atomic mass is 10.1. The third kappa shape index (κ3) is 2.76. The van der Waals surface area contributed by atoms with Crippen molar-refractivity contribution < 1.29 is 18.9 Å². The fraction of sp³-hybridized carbons (Fsp3) is 0.211. The quantitative estimate of drug-likeness (QED) is 0.771. The molecule has 0 atom stereocenters. The molecule has 130 valence electrons. The minimum atomic E-state index is -0.238. The van der Waals surface area contributed by atoms with Crippen molar-refractivity contribution in [2.45, 2.75) is 0 Å². The van der Waals surface area contributed by atoms with Crippen molar-refractivity contribution in [3.05, 3.63) is 46.6 Å². The predicted octanol–water partition coefficient (Wildman–Crippen LogP) is 3.23. The molecule has 3 rings (SSSR count). The first-order valence-electron chi connectivity index (χ1n) is 7.64. The Bertz CT molecular complexity index is 977. The Hall–Kier alpha value is -3.15. The summed E-state index contributed by atoms with van der Waals surface area (Å²) in [5, 5.41) is 0.450. The Morgan fingerprint density at radius 3 is 2.16 bits per heavy atom. The smallest absolute Gasteiger partial charge is 0.235 e. The zero-order valence-corrected chi connectivity index (χ0v) is 14.5. The van der Waals surface area contributed by atoms with Crippen LogP contribution in [-0.2, 0) is 0 Å². The first-order valence-corrected chi connectivity index (χ1v) is 7.64. The Balaban J connectivity index is 2.32. The van der Waals surface area contributed by atoms with E-state index in [0.717, 1.165) is 5.56 Å². The van der Waals surface area contributed by atoms with E-state index < -0.39 is 0 Å². The number of aromatic nitrogens is 1. The minimum Gasteiger partial charge on any atom is -0.496 e. The lowest BCUT2D eigenvalue weighted by Gasteiger charge is -2.14. The molecule has 0 radical (unpaired) electrons. The van der Waals surface area contributed by atoms with Gasteiger partial charge in [-0.3, -0.25) is 4.79 Å². The van der Waals surface area contributed by atoms with Gasteiger partial charge < -0.3 is 23.9 Å². The maximum atomic E-state index is 12.9. The Kier molecular flexibility index (Phi) is 4.52. The average molecular weight is 341 g/mol. The first kappa shape index (κ1) is 16.7. The standard InChI is InChI=1S/C19H19NO5/c1-22-13-9-8-11(10-15(13)24-3)17-19(25-4)18(21)16-12(20-17)6-5-7-14(16)23-2/h5-10H,1-4H3,(H,20,21). The first-order chi connectivity index (χ1) is 12.1. The molecule has 0 unspecified atom stereocenters. The fourth-order valence-corrected chi connectivity index (χ4v) is 2.85. The van der Waals surface area contributed by atoms with Crippen LogP contribution in [0.5, 0.6) is 23.0 Å². The van der Waals surface area contributed by atoms with Crippen molar-refractivity contribution in [1.82, 2.24) is 4.98 Å². The van der Waals surface area contributed by atoms with Gasteiger partial charge in [-0.15, -0.1) is 0 Å². The topological polar surface area (TPSA) is 69.8 Å². The molecule has 0 aliphatic heterocycles. The largest absolute Gasteiger partial charge is 0.496 e. The summed E-state index contributed by atoms with van der Waals surface area (Å²) in [5.74, 6) is 1.88. The molecule has 0 saturated heterocycles. The second kappa shape index (κ2) is 6.76. The maximum absolute atomic E-state index is 12.9. The number of benzene rings is 2. The van der Waals surface area contributed by atoms with Gasteiger partial charge in [-0.2, -0.15) is 0 Å². The number of pyridine rings is 1. The molecule has 1 heterocycles. The van der Waals surface area contributed by atoms with Crippen LogP contribution in [0.4, 0.5) is 0 Å². The highest BCUT2D eigenvalue weighted by molar-refractivity contribution is 5.89. The van der Waals surface area contributed by atoms with E-state index in [-0.39, 0.29) is 11.2 Å². The molecule has 0 spiro atoms. The molecule has 0 bridgehead atoms. The number of rotatable bonds is 5. The van der Waals surface area contributed by atoms with Gasteiger partial charge >= 0.3 is 0 Å². The molecule has 25 heavy (non-hydrogen) atoms. The zero-order chi connectivity index (χ0) is 18.0. The van der Waals surface area contributed by atoms with E-state index >= 15 is 0 Å². The number of ether oxygens (including phenoxy) is 4. The minimum absolute atomic E-state index is 0.212. The molecule has 6 heteroatoms. The van der Waals surface area contributed by atoms with E-state index in [9.17, 15) is 4.79 Å². The van der Waals surface area contributed by atoms with Crippen molar-refractivity contribution in [3.8, 4) is 34.3 Å². The van der Waals surface area contributed by atoms with Gasteiger partial charge in [0, 0.05) is 5.56 Å². The van der Waals surface area contributed by atoms with Crippen LogP contribution >= 0.6 is 0 Å². The van der Waals surface area contributed by atoms with Crippen LogP contribution in [0.1, 0.15) is 0 Å². The third-order valence-electron chi connectivity index (χ3n) is 4.04. The monoisotopic (exact) mass is 341 g/mol. The molecule has 2 aromatic carbocycles. The van der Waals surface area contributed by atoms with Crippen molar-refractivity contribution in [2.75, 3.05) is 28.4 Å². The van der Waals surface area contributed by atoms with Crippen LogP contribution < -0.4 is 24.4 Å². The Morgan fingerprint density at radius 1 is 0.800 bits per heavy atom. The zero-order valence-electron chi connectivity index (χ0n) is 14.5. The van der Waals surface area contributed by atoms with Gasteiger partial charge in [0.25, 0.3) is 0 Å². The maximum Gasteiger partial charge on any atom is 0.235 e. The van der Waals surface area contributed by atoms with Crippen LogP contribution in [0, 0.1) is 0 Å². The summed E-state index contributed by atoms with van der Waals surface area (Å²) in [6.07, 6.45) is 0. The average Bonchev–Trinajstić information content (AvgIpc) is 2.66. The van der Waals surface area contributed by atoms with Gasteiger partial charge in [0.05, 0.1) is 45.0 Å². The van der Waals surface area contributed by atoms with Gasteiger partial charge in [0.2, 0.25) is 5.43 Å². The van der Waals surface area contributed by atoms with E-state index in [2.05, 4.69) is 4.98 Å². The summed E-state index contributed by atoms with van der Waals surface area (Å²) in [6.45, 7) is 0. The highest BCUT2D eigenvalue weighted by Crippen LogP contribution is 2.35. The predicted molar refractivity (Wildman–Crippen MR) is 96.2 cm³/mol. The number of hydrogen-bond donors (Lipinski definition) is 1.